The molecule has 0 aliphatic heterocycles. The molecule has 0 aromatic carbocycles. The van der Waals surface area contributed by atoms with Gasteiger partial charge in [-0.1, -0.05) is 13.6 Å². The van der Waals surface area contributed by atoms with Crippen LogP contribution in [0.25, 0.3) is 0 Å². The molecule has 0 rings (SSSR count). The first kappa shape index (κ1) is 4.66. The lowest BCUT2D eigenvalue weighted by Crippen LogP contribution is -1.88. The van der Waals surface area contributed by atoms with Crippen molar-refractivity contribution in [1.82, 2.24) is 0 Å². The van der Waals surface area contributed by atoms with Crippen molar-refractivity contribution in [2.45, 2.75) is 13.6 Å². The van der Waals surface area contributed by atoms with Crippen molar-refractivity contribution in [2.24, 2.45) is 5.09 Å². The van der Waals surface area contributed by atoms with Crippen LogP contribution in [-0.4, -0.2) is 6.85 Å². The summed E-state index contributed by atoms with van der Waals surface area (Å²) in [6.07, 6.45) is 0. The van der Waals surface area contributed by atoms with Crippen LogP contribution < -0.4 is 0 Å². The Morgan fingerprint density at radius 1 is 1.60 bits per heavy atom. The van der Waals surface area contributed by atoms with Crippen LogP contribution in [0, 0.1) is 4.91 Å². The summed E-state index contributed by atoms with van der Waals surface area (Å²) in [6.45, 7) is 3.44. The van der Waals surface area contributed by atoms with E-state index < -0.39 is 0 Å². The average molecular weight is 70.9 g/mol. The van der Waals surface area contributed by atoms with E-state index in [9.17, 15) is 4.91 Å². The summed E-state index contributed by atoms with van der Waals surface area (Å²) in [5.74, 6) is 0. The number of hydrogen-bond acceptors (Lipinski definition) is 2. The van der Waals surface area contributed by atoms with Crippen molar-refractivity contribution >= 4 is 6.85 Å². The predicted octanol–water partition coefficient (Wildman–Crippen LogP) is 1.00. The number of hydrogen-bond donors (Lipinski definition) is 0. The fourth-order valence-electron chi connectivity index (χ4n) is 0. The molecule has 0 spiro atoms. The van der Waals surface area contributed by atoms with E-state index in [0.717, 1.165) is 0 Å². The lowest BCUT2D eigenvalue weighted by Gasteiger charge is -1.70. The largest absolute Gasteiger partial charge is 0.331 e. The van der Waals surface area contributed by atoms with E-state index >= 15 is 0 Å². The quantitative estimate of drug-likeness (QED) is 0.335. The topological polar surface area (TPSA) is 29.4 Å². The highest BCUT2D eigenvalue weighted by Crippen LogP contribution is 1.73. The minimum atomic E-state index is -0.0463. The highest BCUT2D eigenvalue weighted by molar-refractivity contribution is 6.53. The molecule has 3 heteroatoms. The Hall–Kier alpha value is -0.335. The molecule has 0 aromatic rings. The third kappa shape index (κ3) is 3.66. The predicted molar refractivity (Wildman–Crippen MR) is 23.3 cm³/mol. The van der Waals surface area contributed by atoms with Crippen LogP contribution in [0.2, 0.25) is 13.6 Å². The highest BCUT2D eigenvalue weighted by atomic mass is 16.2. The van der Waals surface area contributed by atoms with E-state index in [0.29, 0.717) is 0 Å². The second-order valence-electron chi connectivity index (χ2n) is 1.20. The van der Waals surface area contributed by atoms with Gasteiger partial charge in [0.25, 0.3) is 0 Å². The zero-order valence-electron chi connectivity index (χ0n) is 3.43. The number of nitrogens with zero attached hydrogens (tertiary/aromatic N) is 1. The first-order valence-corrected chi connectivity index (χ1v) is 1.60. The Kier molecular flexibility index (Phi) is 1.81. The molecule has 2 nitrogen and oxygen atoms in total. The Balaban J connectivity index is 2.83. The molecule has 0 aromatic heterocycles. The van der Waals surface area contributed by atoms with E-state index in [4.69, 9.17) is 0 Å². The Bertz CT molecular complexity index is 36.6. The zero-order valence-corrected chi connectivity index (χ0v) is 3.43. The molecule has 0 saturated heterocycles. The minimum Gasteiger partial charge on any atom is -0.168 e. The molecule has 0 aliphatic carbocycles. The molecule has 28 valence electrons. The highest BCUT2D eigenvalue weighted by Gasteiger charge is 1.90. The molecule has 5 heavy (non-hydrogen) atoms. The van der Waals surface area contributed by atoms with Gasteiger partial charge in [-0.25, -0.2) is 0 Å². The SMILES string of the molecule is CB(C)N=O. The molecule has 0 aliphatic rings. The van der Waals surface area contributed by atoms with Crippen LogP contribution in [0.3, 0.4) is 0 Å². The monoisotopic (exact) mass is 71.1 g/mol. The summed E-state index contributed by atoms with van der Waals surface area (Å²) in [5, 5.41) is 2.64. The number of nitroso groups, excluding NO2 is 1. The van der Waals surface area contributed by atoms with Gasteiger partial charge in [-0.3, -0.25) is 0 Å². The molecule has 0 unspecified atom stereocenters. The van der Waals surface area contributed by atoms with Gasteiger partial charge in [-0.15, -0.1) is 5.09 Å². The Morgan fingerprint density at radius 2 is 1.80 bits per heavy atom. The van der Waals surface area contributed by atoms with Crippen molar-refractivity contribution in [2.75, 3.05) is 0 Å². The van der Waals surface area contributed by atoms with Crippen LogP contribution in [0.4, 0.5) is 0 Å². The summed E-state index contributed by atoms with van der Waals surface area (Å²) in [6, 6.07) is 0. The molecular formula is C2H6BNO. The van der Waals surface area contributed by atoms with E-state index in [1.54, 1.807) is 13.6 Å². The van der Waals surface area contributed by atoms with E-state index in [1.807, 2.05) is 0 Å². The fraction of sp³-hybridized carbons (Fsp3) is 1.00. The Labute approximate surface area is 31.6 Å². The third-order valence-corrected chi connectivity index (χ3v) is 0.211. The molecule has 0 amide bonds. The maximum absolute atomic E-state index is 9.25. The van der Waals surface area contributed by atoms with Crippen LogP contribution in [0.1, 0.15) is 0 Å². The van der Waals surface area contributed by atoms with Crippen LogP contribution in [0.5, 0.6) is 0 Å². The van der Waals surface area contributed by atoms with Gasteiger partial charge in [-0.05, 0) is 0 Å². The molecule has 0 radical (unpaired) electrons. The van der Waals surface area contributed by atoms with Gasteiger partial charge in [0.2, 0.25) is 0 Å². The maximum atomic E-state index is 9.25. The third-order valence-electron chi connectivity index (χ3n) is 0.211. The summed E-state index contributed by atoms with van der Waals surface area (Å²) >= 11 is 0. The standard InChI is InChI=1S/C2H6BNO/c1-3(2)4-5/h1-2H3. The lowest BCUT2D eigenvalue weighted by atomic mass is 9.71. The van der Waals surface area contributed by atoms with Gasteiger partial charge >= 0.3 is 6.85 Å². The van der Waals surface area contributed by atoms with Crippen molar-refractivity contribution < 1.29 is 0 Å². The second-order valence-corrected chi connectivity index (χ2v) is 1.20. The second kappa shape index (κ2) is 1.94. The van der Waals surface area contributed by atoms with Crippen LogP contribution in [0.15, 0.2) is 5.09 Å². The first-order chi connectivity index (χ1) is 2.27. The molecule has 0 atom stereocenters. The maximum Gasteiger partial charge on any atom is 0.331 e. The normalized spacial score (nSPS) is 6.80. The Morgan fingerprint density at radius 3 is 1.80 bits per heavy atom. The van der Waals surface area contributed by atoms with Gasteiger partial charge in [0.1, 0.15) is 0 Å². The smallest absolute Gasteiger partial charge is 0.168 e. The van der Waals surface area contributed by atoms with Gasteiger partial charge in [0.15, 0.2) is 0 Å². The average Bonchev–Trinajstić information content (AvgIpc) is 1.38. The van der Waals surface area contributed by atoms with Crippen molar-refractivity contribution in [3.8, 4) is 0 Å². The van der Waals surface area contributed by atoms with Crippen molar-refractivity contribution in [1.29, 1.82) is 0 Å². The summed E-state index contributed by atoms with van der Waals surface area (Å²) in [4.78, 5) is 9.25. The summed E-state index contributed by atoms with van der Waals surface area (Å²) in [5.41, 5.74) is 0. The molecule has 0 heterocycles. The molecule has 0 fully saturated rings. The van der Waals surface area contributed by atoms with E-state index in [-0.39, 0.29) is 6.85 Å². The van der Waals surface area contributed by atoms with Gasteiger partial charge in [0, 0.05) is 0 Å². The first-order valence-electron chi connectivity index (χ1n) is 1.60. The number of rotatable bonds is 1. The van der Waals surface area contributed by atoms with Gasteiger partial charge in [-0.2, -0.15) is 4.91 Å². The molecular weight excluding hydrogens is 64.8 g/mol. The minimum absolute atomic E-state index is 0.0463. The lowest BCUT2D eigenvalue weighted by molar-refractivity contribution is 1.67. The van der Waals surface area contributed by atoms with E-state index in [1.165, 1.54) is 0 Å². The zero-order chi connectivity index (χ0) is 4.28. The van der Waals surface area contributed by atoms with Gasteiger partial charge in [0.05, 0.1) is 0 Å². The molecule has 0 bridgehead atoms. The van der Waals surface area contributed by atoms with Crippen molar-refractivity contribution in [3.05, 3.63) is 4.91 Å². The summed E-state index contributed by atoms with van der Waals surface area (Å²) < 4.78 is 0. The molecule has 0 saturated carbocycles. The fourth-order valence-corrected chi connectivity index (χ4v) is 0. The summed E-state index contributed by atoms with van der Waals surface area (Å²) in [7, 11) is 0. The van der Waals surface area contributed by atoms with Crippen molar-refractivity contribution in [3.63, 3.8) is 0 Å². The van der Waals surface area contributed by atoms with E-state index in [2.05, 4.69) is 5.09 Å². The van der Waals surface area contributed by atoms with Crippen LogP contribution >= 0.6 is 0 Å². The van der Waals surface area contributed by atoms with Crippen LogP contribution in [-0.2, 0) is 0 Å². The van der Waals surface area contributed by atoms with Gasteiger partial charge < -0.3 is 0 Å². The molecule has 0 N–H and O–H groups in total.